The summed E-state index contributed by atoms with van der Waals surface area (Å²) in [5.41, 5.74) is 1.61. The molecule has 2 aromatic rings. The van der Waals surface area contributed by atoms with E-state index in [-0.39, 0.29) is 11.8 Å². The predicted octanol–water partition coefficient (Wildman–Crippen LogP) is 4.07. The molecule has 5 heteroatoms. The van der Waals surface area contributed by atoms with Crippen LogP contribution in [0.15, 0.2) is 48.5 Å². The van der Waals surface area contributed by atoms with Crippen LogP contribution in [0.2, 0.25) is 0 Å². The molecule has 0 atom stereocenters. The number of benzene rings is 2. The topological polar surface area (TPSA) is 58.6 Å². The van der Waals surface area contributed by atoms with Crippen LogP contribution in [0.1, 0.15) is 41.0 Å². The summed E-state index contributed by atoms with van der Waals surface area (Å²) < 4.78 is 5.70. The lowest BCUT2D eigenvalue weighted by atomic mass is 10.1. The molecular weight excluding hydrogens is 328 g/mol. The van der Waals surface area contributed by atoms with E-state index in [0.29, 0.717) is 35.1 Å². The number of carbonyl (C=O) groups is 2. The van der Waals surface area contributed by atoms with Crippen molar-refractivity contribution in [2.24, 2.45) is 5.92 Å². The normalized spacial score (nSPS) is 10.5. The fraction of sp³-hybridized carbons (Fsp3) is 0.333. The van der Waals surface area contributed by atoms with Gasteiger partial charge in [0, 0.05) is 30.9 Å². The van der Waals surface area contributed by atoms with Gasteiger partial charge in [-0.2, -0.15) is 0 Å². The van der Waals surface area contributed by atoms with Gasteiger partial charge >= 0.3 is 0 Å². The van der Waals surface area contributed by atoms with Gasteiger partial charge in [-0.3, -0.25) is 9.59 Å². The minimum Gasteiger partial charge on any atom is -0.494 e. The predicted molar refractivity (Wildman–Crippen MR) is 104 cm³/mol. The van der Waals surface area contributed by atoms with Gasteiger partial charge in [0.25, 0.3) is 11.8 Å². The molecule has 0 unspecified atom stereocenters. The minimum atomic E-state index is -0.242. The Bertz CT molecular complexity index is 769. The molecule has 2 aromatic carbocycles. The SMILES string of the molecule is CC(C)CCOc1cccc(C(=O)Nc2cccc(C(=O)N(C)C)c2)c1. The first-order valence-corrected chi connectivity index (χ1v) is 8.72. The number of nitrogens with zero attached hydrogens (tertiary/aromatic N) is 1. The van der Waals surface area contributed by atoms with E-state index in [1.54, 1.807) is 56.6 Å². The summed E-state index contributed by atoms with van der Waals surface area (Å²) in [5, 5.41) is 2.83. The zero-order chi connectivity index (χ0) is 19.1. The summed E-state index contributed by atoms with van der Waals surface area (Å²) in [6.07, 6.45) is 0.961. The molecule has 5 nitrogen and oxygen atoms in total. The van der Waals surface area contributed by atoms with Crippen LogP contribution in [0, 0.1) is 5.92 Å². The van der Waals surface area contributed by atoms with Crippen molar-refractivity contribution in [1.29, 1.82) is 0 Å². The molecule has 0 aliphatic heterocycles. The van der Waals surface area contributed by atoms with Gasteiger partial charge < -0.3 is 15.0 Å². The number of hydrogen-bond donors (Lipinski definition) is 1. The maximum Gasteiger partial charge on any atom is 0.255 e. The van der Waals surface area contributed by atoms with Gasteiger partial charge in [0.1, 0.15) is 5.75 Å². The standard InChI is InChI=1S/C21H26N2O3/c1-15(2)11-12-26-19-10-6-7-16(14-19)20(24)22-18-9-5-8-17(13-18)21(25)23(3)4/h5-10,13-15H,11-12H2,1-4H3,(H,22,24). The molecule has 1 N–H and O–H groups in total. The molecule has 0 heterocycles. The third-order valence-corrected chi connectivity index (χ3v) is 3.83. The van der Waals surface area contributed by atoms with Crippen molar-refractivity contribution in [3.05, 3.63) is 59.7 Å². The summed E-state index contributed by atoms with van der Waals surface area (Å²) in [6, 6.07) is 14.0. The molecule has 2 rings (SSSR count). The molecule has 0 aliphatic rings. The quantitative estimate of drug-likeness (QED) is 0.815. The molecule has 0 aromatic heterocycles. The highest BCUT2D eigenvalue weighted by Gasteiger charge is 2.11. The smallest absolute Gasteiger partial charge is 0.255 e. The van der Waals surface area contributed by atoms with Gasteiger partial charge in [0.15, 0.2) is 0 Å². The highest BCUT2D eigenvalue weighted by Crippen LogP contribution is 2.17. The van der Waals surface area contributed by atoms with Crippen molar-refractivity contribution in [2.75, 3.05) is 26.0 Å². The van der Waals surface area contributed by atoms with E-state index in [0.717, 1.165) is 6.42 Å². The first-order chi connectivity index (χ1) is 12.4. The Kier molecular flexibility index (Phi) is 6.78. The second-order valence-electron chi connectivity index (χ2n) is 6.79. The third-order valence-electron chi connectivity index (χ3n) is 3.83. The molecule has 0 aliphatic carbocycles. The molecule has 26 heavy (non-hydrogen) atoms. The van der Waals surface area contributed by atoms with Crippen molar-refractivity contribution in [3.63, 3.8) is 0 Å². The number of hydrogen-bond acceptors (Lipinski definition) is 3. The number of amides is 2. The third kappa shape index (κ3) is 5.62. The number of ether oxygens (including phenoxy) is 1. The monoisotopic (exact) mass is 354 g/mol. The first-order valence-electron chi connectivity index (χ1n) is 8.72. The summed E-state index contributed by atoms with van der Waals surface area (Å²) in [5.74, 6) is 0.892. The second-order valence-corrected chi connectivity index (χ2v) is 6.79. The van der Waals surface area contributed by atoms with Gasteiger partial charge in [0.05, 0.1) is 6.61 Å². The lowest BCUT2D eigenvalue weighted by Crippen LogP contribution is -2.22. The van der Waals surface area contributed by atoms with Crippen molar-refractivity contribution in [3.8, 4) is 5.75 Å². The molecule has 0 fully saturated rings. The maximum atomic E-state index is 12.5. The fourth-order valence-corrected chi connectivity index (χ4v) is 2.33. The highest BCUT2D eigenvalue weighted by molar-refractivity contribution is 6.05. The van der Waals surface area contributed by atoms with Gasteiger partial charge in [-0.25, -0.2) is 0 Å². The number of rotatable bonds is 7. The molecule has 138 valence electrons. The molecule has 0 saturated heterocycles. The Hall–Kier alpha value is -2.82. The molecular formula is C21H26N2O3. The Balaban J connectivity index is 2.06. The Morgan fingerprint density at radius 2 is 1.73 bits per heavy atom. The molecule has 0 bridgehead atoms. The van der Waals surface area contributed by atoms with Gasteiger partial charge in [-0.1, -0.05) is 26.0 Å². The van der Waals surface area contributed by atoms with E-state index in [1.165, 1.54) is 4.90 Å². The van der Waals surface area contributed by atoms with Crippen LogP contribution in [0.4, 0.5) is 5.69 Å². The van der Waals surface area contributed by atoms with Crippen LogP contribution < -0.4 is 10.1 Å². The summed E-state index contributed by atoms with van der Waals surface area (Å²) >= 11 is 0. The molecule has 2 amide bonds. The van der Waals surface area contributed by atoms with Crippen LogP contribution >= 0.6 is 0 Å². The van der Waals surface area contributed by atoms with E-state index in [9.17, 15) is 9.59 Å². The van der Waals surface area contributed by atoms with Crippen molar-refractivity contribution < 1.29 is 14.3 Å². The van der Waals surface area contributed by atoms with Gasteiger partial charge in [-0.15, -0.1) is 0 Å². The van der Waals surface area contributed by atoms with E-state index < -0.39 is 0 Å². The zero-order valence-electron chi connectivity index (χ0n) is 15.8. The van der Waals surface area contributed by atoms with Gasteiger partial charge in [-0.05, 0) is 48.7 Å². The van der Waals surface area contributed by atoms with Crippen molar-refractivity contribution in [2.45, 2.75) is 20.3 Å². The van der Waals surface area contributed by atoms with Crippen LogP contribution in [0.3, 0.4) is 0 Å². The van der Waals surface area contributed by atoms with Crippen LogP contribution in [0.25, 0.3) is 0 Å². The maximum absolute atomic E-state index is 12.5. The van der Waals surface area contributed by atoms with E-state index in [2.05, 4.69) is 19.2 Å². The molecule has 0 radical (unpaired) electrons. The Morgan fingerprint density at radius 3 is 2.42 bits per heavy atom. The van der Waals surface area contributed by atoms with E-state index in [4.69, 9.17) is 4.74 Å². The van der Waals surface area contributed by atoms with E-state index in [1.807, 2.05) is 6.07 Å². The average Bonchev–Trinajstić information content (AvgIpc) is 2.61. The highest BCUT2D eigenvalue weighted by atomic mass is 16.5. The first kappa shape index (κ1) is 19.5. The second kappa shape index (κ2) is 9.04. The number of nitrogens with one attached hydrogen (secondary N) is 1. The average molecular weight is 354 g/mol. The lowest BCUT2D eigenvalue weighted by molar-refractivity contribution is 0.0827. The van der Waals surface area contributed by atoms with Crippen LogP contribution in [-0.4, -0.2) is 37.4 Å². The lowest BCUT2D eigenvalue weighted by Gasteiger charge is -2.12. The van der Waals surface area contributed by atoms with E-state index >= 15 is 0 Å². The Morgan fingerprint density at radius 1 is 1.04 bits per heavy atom. The number of carbonyl (C=O) groups excluding carboxylic acids is 2. The van der Waals surface area contributed by atoms with Crippen LogP contribution in [-0.2, 0) is 0 Å². The van der Waals surface area contributed by atoms with Crippen molar-refractivity contribution in [1.82, 2.24) is 4.90 Å². The van der Waals surface area contributed by atoms with Crippen molar-refractivity contribution >= 4 is 17.5 Å². The molecule has 0 spiro atoms. The van der Waals surface area contributed by atoms with Gasteiger partial charge in [0.2, 0.25) is 0 Å². The summed E-state index contributed by atoms with van der Waals surface area (Å²) in [7, 11) is 3.39. The number of anilines is 1. The summed E-state index contributed by atoms with van der Waals surface area (Å²) in [6.45, 7) is 4.90. The zero-order valence-corrected chi connectivity index (χ0v) is 15.8. The van der Waals surface area contributed by atoms with Crippen LogP contribution in [0.5, 0.6) is 5.75 Å². The fourth-order valence-electron chi connectivity index (χ4n) is 2.33. The minimum absolute atomic E-state index is 0.110. The summed E-state index contributed by atoms with van der Waals surface area (Å²) in [4.78, 5) is 26.0. The largest absolute Gasteiger partial charge is 0.494 e. The molecule has 0 saturated carbocycles. The Labute approximate surface area is 155 Å².